The number of thioether (sulfide) groups is 2. The summed E-state index contributed by atoms with van der Waals surface area (Å²) >= 11 is 3.00. The van der Waals surface area contributed by atoms with Crippen LogP contribution in [0.5, 0.6) is 5.75 Å². The van der Waals surface area contributed by atoms with E-state index in [0.29, 0.717) is 23.0 Å². The highest BCUT2D eigenvalue weighted by atomic mass is 32.2. The summed E-state index contributed by atoms with van der Waals surface area (Å²) in [7, 11) is 0. The smallest absolute Gasteiger partial charge is 0.123 e. The van der Waals surface area contributed by atoms with Crippen LogP contribution in [0.4, 0.5) is 0 Å². The van der Waals surface area contributed by atoms with Crippen LogP contribution < -0.4 is 0 Å². The van der Waals surface area contributed by atoms with Gasteiger partial charge in [0.25, 0.3) is 0 Å². The molecule has 1 aromatic rings. The molecule has 0 saturated heterocycles. The average Bonchev–Trinajstić information content (AvgIpc) is 2.55. The van der Waals surface area contributed by atoms with Gasteiger partial charge in [-0.25, -0.2) is 0 Å². The zero-order valence-corrected chi connectivity index (χ0v) is 16.7. The van der Waals surface area contributed by atoms with Crippen molar-refractivity contribution in [1.29, 1.82) is 0 Å². The van der Waals surface area contributed by atoms with Crippen LogP contribution in [0.2, 0.25) is 0 Å². The maximum atomic E-state index is 10.6. The molecule has 25 heavy (non-hydrogen) atoms. The summed E-state index contributed by atoms with van der Waals surface area (Å²) in [6.07, 6.45) is -1.48. The van der Waals surface area contributed by atoms with Gasteiger partial charge in [0, 0.05) is 28.6 Å². The van der Waals surface area contributed by atoms with Crippen molar-refractivity contribution in [3.05, 3.63) is 28.8 Å². The molecule has 1 aromatic carbocycles. The van der Waals surface area contributed by atoms with Gasteiger partial charge in [0.2, 0.25) is 0 Å². The summed E-state index contributed by atoms with van der Waals surface area (Å²) in [5.74, 6) is 2.36. The molecule has 144 valence electrons. The van der Waals surface area contributed by atoms with E-state index in [0.717, 1.165) is 16.7 Å². The molecule has 5 N–H and O–H groups in total. The van der Waals surface area contributed by atoms with E-state index < -0.39 is 12.2 Å². The molecule has 0 aromatic heterocycles. The van der Waals surface area contributed by atoms with Gasteiger partial charge in [-0.3, -0.25) is 0 Å². The molecule has 1 rings (SSSR count). The largest absolute Gasteiger partial charge is 0.507 e. The minimum Gasteiger partial charge on any atom is -0.507 e. The Morgan fingerprint density at radius 3 is 1.92 bits per heavy atom. The molecule has 0 saturated carbocycles. The molecule has 5 nitrogen and oxygen atoms in total. The van der Waals surface area contributed by atoms with Gasteiger partial charge in [0.1, 0.15) is 5.75 Å². The summed E-state index contributed by atoms with van der Waals surface area (Å²) in [5.41, 5.74) is 2.52. The van der Waals surface area contributed by atoms with Crippen molar-refractivity contribution in [2.24, 2.45) is 0 Å². The van der Waals surface area contributed by atoms with Gasteiger partial charge in [-0.15, -0.1) is 0 Å². The predicted octanol–water partition coefficient (Wildman–Crippen LogP) is 1.86. The van der Waals surface area contributed by atoms with E-state index in [-0.39, 0.29) is 24.4 Å². The van der Waals surface area contributed by atoms with Crippen LogP contribution >= 0.6 is 23.5 Å². The fourth-order valence-electron chi connectivity index (χ4n) is 2.25. The van der Waals surface area contributed by atoms with Crippen LogP contribution in [0.3, 0.4) is 0 Å². The number of aliphatic hydroxyl groups is 4. The summed E-state index contributed by atoms with van der Waals surface area (Å²) in [6.45, 7) is 5.61. The second kappa shape index (κ2) is 10.6. The average molecular weight is 391 g/mol. The second-order valence-electron chi connectivity index (χ2n) is 7.10. The van der Waals surface area contributed by atoms with Gasteiger partial charge in [-0.1, -0.05) is 32.9 Å². The highest BCUT2D eigenvalue weighted by Crippen LogP contribution is 2.37. The zero-order chi connectivity index (χ0) is 19.0. The standard InChI is InChI=1S/C18H30O5S2/c1-18(2,3)16-5-12(8-24-10-14(21)6-19)4-13(17(16)23)9-25-11-15(22)7-20/h4-5,14-15,19-23H,6-11H2,1-3H3. The fraction of sp³-hybridized carbons (Fsp3) is 0.667. The van der Waals surface area contributed by atoms with Gasteiger partial charge in [-0.05, 0) is 16.5 Å². The Morgan fingerprint density at radius 1 is 0.920 bits per heavy atom. The Labute approximate surface area is 158 Å². The van der Waals surface area contributed by atoms with E-state index >= 15 is 0 Å². The first-order valence-corrected chi connectivity index (χ1v) is 10.6. The zero-order valence-electron chi connectivity index (χ0n) is 15.1. The number of hydrogen-bond acceptors (Lipinski definition) is 7. The third-order valence-corrected chi connectivity index (χ3v) is 5.92. The second-order valence-corrected chi connectivity index (χ2v) is 9.16. The van der Waals surface area contributed by atoms with E-state index in [1.165, 1.54) is 23.5 Å². The monoisotopic (exact) mass is 390 g/mol. The number of benzene rings is 1. The molecular weight excluding hydrogens is 360 g/mol. The Balaban J connectivity index is 2.91. The molecule has 0 aliphatic rings. The fourth-order valence-corrected chi connectivity index (χ4v) is 4.08. The van der Waals surface area contributed by atoms with Crippen molar-refractivity contribution in [1.82, 2.24) is 0 Å². The first-order chi connectivity index (χ1) is 11.7. The van der Waals surface area contributed by atoms with Crippen LogP contribution in [0.1, 0.15) is 37.5 Å². The number of aromatic hydroxyl groups is 1. The molecule has 2 unspecified atom stereocenters. The third kappa shape index (κ3) is 7.76. The van der Waals surface area contributed by atoms with Crippen molar-refractivity contribution in [3.63, 3.8) is 0 Å². The summed E-state index contributed by atoms with van der Waals surface area (Å²) in [4.78, 5) is 0. The molecule has 0 radical (unpaired) electrons. The van der Waals surface area contributed by atoms with E-state index in [4.69, 9.17) is 10.2 Å². The van der Waals surface area contributed by atoms with Crippen molar-refractivity contribution in [2.75, 3.05) is 24.7 Å². The van der Waals surface area contributed by atoms with Crippen LogP contribution in [-0.4, -0.2) is 62.5 Å². The Kier molecular flexibility index (Phi) is 9.62. The van der Waals surface area contributed by atoms with Crippen LogP contribution in [0.25, 0.3) is 0 Å². The van der Waals surface area contributed by atoms with Gasteiger partial charge in [0.15, 0.2) is 0 Å². The summed E-state index contributed by atoms with van der Waals surface area (Å²) in [5, 5.41) is 47.3. The predicted molar refractivity (Wildman–Crippen MR) is 105 cm³/mol. The van der Waals surface area contributed by atoms with Crippen LogP contribution in [0, 0.1) is 0 Å². The molecule has 0 aliphatic carbocycles. The van der Waals surface area contributed by atoms with Gasteiger partial charge in [-0.2, -0.15) is 23.5 Å². The van der Waals surface area contributed by atoms with Crippen LogP contribution in [0.15, 0.2) is 12.1 Å². The van der Waals surface area contributed by atoms with E-state index in [1.807, 2.05) is 32.9 Å². The molecule has 7 heteroatoms. The lowest BCUT2D eigenvalue weighted by atomic mass is 9.84. The van der Waals surface area contributed by atoms with Gasteiger partial charge >= 0.3 is 0 Å². The van der Waals surface area contributed by atoms with Gasteiger partial charge in [0.05, 0.1) is 25.4 Å². The van der Waals surface area contributed by atoms with Crippen molar-refractivity contribution in [2.45, 2.75) is 49.9 Å². The summed E-state index contributed by atoms with van der Waals surface area (Å²) in [6, 6.07) is 3.94. The molecule has 0 bridgehead atoms. The van der Waals surface area contributed by atoms with Crippen LogP contribution in [-0.2, 0) is 16.9 Å². The highest BCUT2D eigenvalue weighted by molar-refractivity contribution is 7.98. The normalized spacial score (nSPS) is 14.5. The number of hydrogen-bond donors (Lipinski definition) is 5. The van der Waals surface area contributed by atoms with E-state index in [9.17, 15) is 15.3 Å². The third-order valence-electron chi connectivity index (χ3n) is 3.62. The highest BCUT2D eigenvalue weighted by Gasteiger charge is 2.21. The Hall–Kier alpha value is -0.440. The van der Waals surface area contributed by atoms with E-state index in [1.54, 1.807) is 0 Å². The first kappa shape index (κ1) is 22.6. The Morgan fingerprint density at radius 2 is 1.44 bits per heavy atom. The van der Waals surface area contributed by atoms with E-state index in [2.05, 4.69) is 0 Å². The molecule has 0 spiro atoms. The molecule has 0 fully saturated rings. The molecular formula is C18H30O5S2. The number of aliphatic hydroxyl groups excluding tert-OH is 4. The quantitative estimate of drug-likeness (QED) is 0.416. The molecule has 2 atom stereocenters. The molecule has 0 amide bonds. The topological polar surface area (TPSA) is 101 Å². The first-order valence-electron chi connectivity index (χ1n) is 8.27. The maximum Gasteiger partial charge on any atom is 0.123 e. The minimum atomic E-state index is -0.757. The lowest BCUT2D eigenvalue weighted by Crippen LogP contribution is -2.15. The lowest BCUT2D eigenvalue weighted by molar-refractivity contribution is 0.113. The number of phenolic OH excluding ortho intramolecular Hbond substituents is 1. The lowest BCUT2D eigenvalue weighted by Gasteiger charge is -2.23. The van der Waals surface area contributed by atoms with Crippen molar-refractivity contribution >= 4 is 23.5 Å². The van der Waals surface area contributed by atoms with Crippen molar-refractivity contribution in [3.8, 4) is 5.75 Å². The summed E-state index contributed by atoms with van der Waals surface area (Å²) < 4.78 is 0. The Bertz CT molecular complexity index is 531. The number of phenols is 1. The number of rotatable bonds is 10. The molecule has 0 aliphatic heterocycles. The van der Waals surface area contributed by atoms with Gasteiger partial charge < -0.3 is 25.5 Å². The molecule has 0 heterocycles. The minimum absolute atomic E-state index is 0.209. The SMILES string of the molecule is CC(C)(C)c1cc(CSCC(O)CO)cc(CSCC(O)CO)c1O. The van der Waals surface area contributed by atoms with Crippen molar-refractivity contribution < 1.29 is 25.5 Å². The maximum absolute atomic E-state index is 10.6.